The molecular formula is C18H21N3O5. The summed E-state index contributed by atoms with van der Waals surface area (Å²) in [5.74, 6) is 1.13. The van der Waals surface area contributed by atoms with E-state index in [-0.39, 0.29) is 5.91 Å². The lowest BCUT2D eigenvalue weighted by Crippen LogP contribution is -2.13. The molecule has 8 heteroatoms. The maximum Gasteiger partial charge on any atom is 0.341 e. The molecule has 2 N–H and O–H groups in total. The summed E-state index contributed by atoms with van der Waals surface area (Å²) in [5, 5.41) is 15.4. The molecule has 0 spiro atoms. The number of aryl methyl sites for hydroxylation is 2. The highest BCUT2D eigenvalue weighted by Gasteiger charge is 2.28. The van der Waals surface area contributed by atoms with Gasteiger partial charge in [0.2, 0.25) is 11.8 Å². The van der Waals surface area contributed by atoms with Crippen molar-refractivity contribution >= 4 is 17.6 Å². The van der Waals surface area contributed by atoms with Gasteiger partial charge in [-0.25, -0.2) is 4.79 Å². The zero-order chi connectivity index (χ0) is 18.5. The van der Waals surface area contributed by atoms with Crippen LogP contribution in [0.3, 0.4) is 0 Å². The van der Waals surface area contributed by atoms with Crippen molar-refractivity contribution in [3.05, 3.63) is 35.5 Å². The Balaban J connectivity index is 1.44. The molecule has 0 bridgehead atoms. The highest BCUT2D eigenvalue weighted by Crippen LogP contribution is 2.38. The lowest BCUT2D eigenvalue weighted by Gasteiger charge is -2.10. The van der Waals surface area contributed by atoms with Crippen LogP contribution in [0.25, 0.3) is 0 Å². The summed E-state index contributed by atoms with van der Waals surface area (Å²) in [5.41, 5.74) is 1.47. The first-order valence-electron chi connectivity index (χ1n) is 8.59. The van der Waals surface area contributed by atoms with E-state index in [1.54, 1.807) is 18.2 Å². The fourth-order valence-corrected chi connectivity index (χ4v) is 2.50. The minimum Gasteiger partial charge on any atom is -0.482 e. The maximum atomic E-state index is 12.1. The quantitative estimate of drug-likeness (QED) is 0.707. The largest absolute Gasteiger partial charge is 0.482 e. The number of ether oxygens (including phenoxy) is 1. The Morgan fingerprint density at radius 2 is 2.19 bits per heavy atom. The fraction of sp³-hybridized carbons (Fsp3) is 0.444. The Morgan fingerprint density at radius 3 is 2.88 bits per heavy atom. The zero-order valence-corrected chi connectivity index (χ0v) is 14.5. The standard InChI is InChI=1S/C18H21N3O5/c1-11-9-13(25-10-17(23)24)7-8-14(11)19-15(22)3-2-4-16-20-18(21-26-16)12-5-6-12/h7-9,12H,2-6,10H2,1H3,(H,19,22)(H,23,24). The van der Waals surface area contributed by atoms with Crippen LogP contribution in [-0.2, 0) is 16.0 Å². The van der Waals surface area contributed by atoms with Gasteiger partial charge in [0.05, 0.1) is 0 Å². The smallest absolute Gasteiger partial charge is 0.341 e. The van der Waals surface area contributed by atoms with Crippen molar-refractivity contribution in [1.29, 1.82) is 0 Å². The van der Waals surface area contributed by atoms with Gasteiger partial charge in [0, 0.05) is 24.4 Å². The van der Waals surface area contributed by atoms with E-state index in [9.17, 15) is 9.59 Å². The Labute approximate surface area is 150 Å². The van der Waals surface area contributed by atoms with Crippen molar-refractivity contribution in [3.63, 3.8) is 0 Å². The Bertz CT molecular complexity index is 798. The molecule has 0 unspecified atom stereocenters. The predicted octanol–water partition coefficient (Wildman–Crippen LogP) is 2.68. The number of anilines is 1. The average molecular weight is 359 g/mol. The molecule has 26 heavy (non-hydrogen) atoms. The molecule has 8 nitrogen and oxygen atoms in total. The molecule has 1 aromatic carbocycles. The third-order valence-corrected chi connectivity index (χ3v) is 4.06. The van der Waals surface area contributed by atoms with Crippen molar-refractivity contribution < 1.29 is 24.0 Å². The van der Waals surface area contributed by atoms with E-state index in [0.29, 0.717) is 42.5 Å². The third kappa shape index (κ3) is 5.05. The number of nitrogens with one attached hydrogen (secondary N) is 1. The van der Waals surface area contributed by atoms with Crippen LogP contribution in [0.2, 0.25) is 0 Å². The average Bonchev–Trinajstić information content (AvgIpc) is 3.34. The summed E-state index contributed by atoms with van der Waals surface area (Å²) in [6.45, 7) is 1.42. The summed E-state index contributed by atoms with van der Waals surface area (Å²) in [4.78, 5) is 26.9. The molecule has 0 atom stereocenters. The van der Waals surface area contributed by atoms with E-state index in [0.717, 1.165) is 24.2 Å². The molecule has 0 aliphatic heterocycles. The van der Waals surface area contributed by atoms with Crippen molar-refractivity contribution in [2.24, 2.45) is 0 Å². The normalized spacial score (nSPS) is 13.4. The van der Waals surface area contributed by atoms with E-state index < -0.39 is 12.6 Å². The molecule has 1 amide bonds. The topological polar surface area (TPSA) is 115 Å². The van der Waals surface area contributed by atoms with Crippen molar-refractivity contribution in [2.75, 3.05) is 11.9 Å². The molecular weight excluding hydrogens is 338 g/mol. The van der Waals surface area contributed by atoms with E-state index in [1.165, 1.54) is 0 Å². The summed E-state index contributed by atoms with van der Waals surface area (Å²) >= 11 is 0. The third-order valence-electron chi connectivity index (χ3n) is 4.06. The fourth-order valence-electron chi connectivity index (χ4n) is 2.50. The number of benzene rings is 1. The number of carbonyl (C=O) groups excluding carboxylic acids is 1. The van der Waals surface area contributed by atoms with Crippen LogP contribution in [0.15, 0.2) is 22.7 Å². The Morgan fingerprint density at radius 1 is 1.38 bits per heavy atom. The van der Waals surface area contributed by atoms with Gasteiger partial charge in [-0.05, 0) is 49.9 Å². The molecule has 1 aliphatic rings. The second-order valence-corrected chi connectivity index (χ2v) is 6.38. The molecule has 138 valence electrons. The molecule has 3 rings (SSSR count). The van der Waals surface area contributed by atoms with Gasteiger partial charge in [-0.1, -0.05) is 5.16 Å². The van der Waals surface area contributed by atoms with Gasteiger partial charge in [0.1, 0.15) is 5.75 Å². The summed E-state index contributed by atoms with van der Waals surface area (Å²) in [6.07, 6.45) is 3.80. The summed E-state index contributed by atoms with van der Waals surface area (Å²) < 4.78 is 10.3. The number of nitrogens with zero attached hydrogens (tertiary/aromatic N) is 2. The van der Waals surface area contributed by atoms with Crippen LogP contribution in [-0.4, -0.2) is 33.7 Å². The van der Waals surface area contributed by atoms with Gasteiger partial charge < -0.3 is 19.7 Å². The highest BCUT2D eigenvalue weighted by atomic mass is 16.5. The number of aliphatic carboxylic acids is 1. The van der Waals surface area contributed by atoms with Crippen LogP contribution in [0.5, 0.6) is 5.75 Å². The maximum absolute atomic E-state index is 12.1. The minimum atomic E-state index is -1.04. The van der Waals surface area contributed by atoms with Crippen molar-refractivity contribution in [1.82, 2.24) is 10.1 Å². The van der Waals surface area contributed by atoms with Crippen LogP contribution in [0.4, 0.5) is 5.69 Å². The van der Waals surface area contributed by atoms with Crippen LogP contribution in [0.1, 0.15) is 48.9 Å². The second-order valence-electron chi connectivity index (χ2n) is 6.38. The van der Waals surface area contributed by atoms with Crippen LogP contribution < -0.4 is 10.1 Å². The highest BCUT2D eigenvalue weighted by molar-refractivity contribution is 5.91. The molecule has 1 fully saturated rings. The SMILES string of the molecule is Cc1cc(OCC(=O)O)ccc1NC(=O)CCCc1nc(C2CC2)no1. The monoisotopic (exact) mass is 359 g/mol. The first kappa shape index (κ1) is 17.9. The Kier molecular flexibility index (Phi) is 5.50. The van der Waals surface area contributed by atoms with Gasteiger partial charge in [0.15, 0.2) is 12.4 Å². The van der Waals surface area contributed by atoms with Crippen LogP contribution >= 0.6 is 0 Å². The second kappa shape index (κ2) is 7.99. The predicted molar refractivity (Wildman–Crippen MR) is 92.2 cm³/mol. The summed E-state index contributed by atoms with van der Waals surface area (Å²) in [6, 6.07) is 5.02. The van der Waals surface area contributed by atoms with Gasteiger partial charge in [-0.15, -0.1) is 0 Å². The number of amides is 1. The van der Waals surface area contributed by atoms with E-state index in [4.69, 9.17) is 14.4 Å². The van der Waals surface area contributed by atoms with E-state index in [2.05, 4.69) is 15.5 Å². The van der Waals surface area contributed by atoms with E-state index in [1.807, 2.05) is 6.92 Å². The molecule has 0 radical (unpaired) electrons. The van der Waals surface area contributed by atoms with Crippen molar-refractivity contribution in [3.8, 4) is 5.75 Å². The first-order valence-corrected chi connectivity index (χ1v) is 8.59. The van der Waals surface area contributed by atoms with E-state index >= 15 is 0 Å². The Hall–Kier alpha value is -2.90. The minimum absolute atomic E-state index is 0.103. The molecule has 1 aromatic heterocycles. The summed E-state index contributed by atoms with van der Waals surface area (Å²) in [7, 11) is 0. The van der Waals surface area contributed by atoms with Gasteiger partial charge in [-0.3, -0.25) is 4.79 Å². The van der Waals surface area contributed by atoms with Crippen molar-refractivity contribution in [2.45, 2.75) is 44.9 Å². The number of carbonyl (C=O) groups is 2. The number of hydrogen-bond donors (Lipinski definition) is 2. The van der Waals surface area contributed by atoms with Gasteiger partial charge >= 0.3 is 5.97 Å². The molecule has 2 aromatic rings. The number of carboxylic acid groups (broad SMARTS) is 1. The zero-order valence-electron chi connectivity index (χ0n) is 14.5. The number of rotatable bonds is 9. The number of hydrogen-bond acceptors (Lipinski definition) is 6. The lowest BCUT2D eigenvalue weighted by atomic mass is 10.1. The molecule has 1 heterocycles. The number of aromatic nitrogens is 2. The number of carboxylic acids is 1. The van der Waals surface area contributed by atoms with Gasteiger partial charge in [0.25, 0.3) is 0 Å². The van der Waals surface area contributed by atoms with Crippen LogP contribution in [0, 0.1) is 6.92 Å². The molecule has 1 aliphatic carbocycles. The molecule has 1 saturated carbocycles. The lowest BCUT2D eigenvalue weighted by molar-refractivity contribution is -0.139. The molecule has 0 saturated heterocycles. The first-order chi connectivity index (χ1) is 12.5. The van der Waals surface area contributed by atoms with Gasteiger partial charge in [-0.2, -0.15) is 4.98 Å².